The van der Waals surface area contributed by atoms with Crippen LogP contribution in [0, 0.1) is 5.92 Å². The molecule has 0 aliphatic heterocycles. The lowest BCUT2D eigenvalue weighted by molar-refractivity contribution is -0.0838. The van der Waals surface area contributed by atoms with E-state index >= 15 is 0 Å². The summed E-state index contributed by atoms with van der Waals surface area (Å²) in [5.74, 6) is 1.61. The fraction of sp³-hybridized carbons (Fsp3) is 0.765. The van der Waals surface area contributed by atoms with Gasteiger partial charge in [-0.15, -0.1) is 0 Å². The number of hydrogen-bond acceptors (Lipinski definition) is 3. The Kier molecular flexibility index (Phi) is 4.51. The van der Waals surface area contributed by atoms with Crippen molar-refractivity contribution in [1.29, 1.82) is 0 Å². The van der Waals surface area contributed by atoms with Gasteiger partial charge in [0.15, 0.2) is 5.82 Å². The Morgan fingerprint density at radius 2 is 1.90 bits per heavy atom. The highest BCUT2D eigenvalue weighted by Crippen LogP contribution is 2.42. The van der Waals surface area contributed by atoms with Crippen molar-refractivity contribution in [2.45, 2.75) is 70.8 Å². The van der Waals surface area contributed by atoms with Crippen LogP contribution in [0.25, 0.3) is 0 Å². The van der Waals surface area contributed by atoms with Crippen LogP contribution in [0.2, 0.25) is 5.15 Å². The molecule has 116 valence electrons. The largest absolute Gasteiger partial charge is 0.367 e. The number of fused-ring (bicyclic) bond motifs is 1. The maximum atomic E-state index is 6.45. The van der Waals surface area contributed by atoms with E-state index in [1.807, 2.05) is 0 Å². The molecule has 1 fully saturated rings. The summed E-state index contributed by atoms with van der Waals surface area (Å²) in [6, 6.07) is 0. The van der Waals surface area contributed by atoms with Crippen LogP contribution in [0.3, 0.4) is 0 Å². The highest BCUT2D eigenvalue weighted by atomic mass is 35.5. The molecule has 0 atom stereocenters. The lowest BCUT2D eigenvalue weighted by Crippen LogP contribution is -2.37. The van der Waals surface area contributed by atoms with Gasteiger partial charge in [-0.25, -0.2) is 9.97 Å². The van der Waals surface area contributed by atoms with Crippen molar-refractivity contribution in [2.24, 2.45) is 5.92 Å². The van der Waals surface area contributed by atoms with Crippen molar-refractivity contribution in [3.63, 3.8) is 0 Å². The summed E-state index contributed by atoms with van der Waals surface area (Å²) >= 11 is 6.45. The molecule has 2 aliphatic rings. The smallest absolute Gasteiger partial charge is 0.162 e. The molecule has 0 saturated heterocycles. The zero-order chi connectivity index (χ0) is 14.9. The summed E-state index contributed by atoms with van der Waals surface area (Å²) in [7, 11) is 0. The average molecular weight is 309 g/mol. The topological polar surface area (TPSA) is 35.0 Å². The number of ether oxygens (including phenoxy) is 1. The Balaban J connectivity index is 1.98. The second kappa shape index (κ2) is 6.21. The first kappa shape index (κ1) is 15.2. The van der Waals surface area contributed by atoms with E-state index in [0.29, 0.717) is 11.8 Å². The molecule has 1 aromatic heterocycles. The number of aromatic nitrogens is 2. The SMILES string of the molecule is CCOC1(c2nc(Cl)c3c(n2)CCCC3)CCC(C)CC1. The predicted molar refractivity (Wildman–Crippen MR) is 84.6 cm³/mol. The van der Waals surface area contributed by atoms with Gasteiger partial charge in [-0.05, 0) is 64.2 Å². The van der Waals surface area contributed by atoms with Gasteiger partial charge >= 0.3 is 0 Å². The van der Waals surface area contributed by atoms with Crippen LogP contribution in [-0.4, -0.2) is 16.6 Å². The minimum Gasteiger partial charge on any atom is -0.367 e. The van der Waals surface area contributed by atoms with Crippen molar-refractivity contribution < 1.29 is 4.74 Å². The lowest BCUT2D eigenvalue weighted by Gasteiger charge is -2.38. The molecule has 1 saturated carbocycles. The lowest BCUT2D eigenvalue weighted by atomic mass is 9.78. The van der Waals surface area contributed by atoms with Gasteiger partial charge in [0.05, 0.1) is 0 Å². The normalized spacial score (nSPS) is 29.2. The Morgan fingerprint density at radius 3 is 2.62 bits per heavy atom. The van der Waals surface area contributed by atoms with Gasteiger partial charge < -0.3 is 4.74 Å². The molecule has 21 heavy (non-hydrogen) atoms. The molecule has 0 unspecified atom stereocenters. The summed E-state index contributed by atoms with van der Waals surface area (Å²) in [6.45, 7) is 5.07. The van der Waals surface area contributed by atoms with E-state index in [4.69, 9.17) is 21.3 Å². The van der Waals surface area contributed by atoms with Crippen LogP contribution in [0.4, 0.5) is 0 Å². The first-order chi connectivity index (χ1) is 10.1. The van der Waals surface area contributed by atoms with Crippen LogP contribution in [0.15, 0.2) is 0 Å². The van der Waals surface area contributed by atoms with Gasteiger partial charge in [0, 0.05) is 17.9 Å². The van der Waals surface area contributed by atoms with Crippen LogP contribution < -0.4 is 0 Å². The predicted octanol–water partition coefficient (Wildman–Crippen LogP) is 4.45. The maximum absolute atomic E-state index is 6.45. The van der Waals surface area contributed by atoms with E-state index in [-0.39, 0.29) is 5.60 Å². The standard InChI is InChI=1S/C17H25ClN2O/c1-3-21-17(10-8-12(2)9-11-17)16-19-14-7-5-4-6-13(14)15(18)20-16/h12H,3-11H2,1-2H3. The molecule has 0 radical (unpaired) electrons. The highest BCUT2D eigenvalue weighted by molar-refractivity contribution is 6.30. The number of rotatable bonds is 3. The third kappa shape index (κ3) is 2.95. The van der Waals surface area contributed by atoms with E-state index < -0.39 is 0 Å². The quantitative estimate of drug-likeness (QED) is 0.774. The molecule has 0 bridgehead atoms. The van der Waals surface area contributed by atoms with Crippen molar-refractivity contribution in [2.75, 3.05) is 6.61 Å². The summed E-state index contributed by atoms with van der Waals surface area (Å²) in [4.78, 5) is 9.55. The van der Waals surface area contributed by atoms with Gasteiger partial charge in [-0.1, -0.05) is 18.5 Å². The van der Waals surface area contributed by atoms with Crippen LogP contribution >= 0.6 is 11.6 Å². The zero-order valence-corrected chi connectivity index (χ0v) is 13.9. The summed E-state index contributed by atoms with van der Waals surface area (Å²) in [5, 5.41) is 0.660. The van der Waals surface area contributed by atoms with Crippen LogP contribution in [0.5, 0.6) is 0 Å². The van der Waals surface area contributed by atoms with Gasteiger partial charge in [0.25, 0.3) is 0 Å². The third-order valence-corrected chi connectivity index (χ3v) is 5.36. The van der Waals surface area contributed by atoms with E-state index in [1.165, 1.54) is 31.2 Å². The highest BCUT2D eigenvalue weighted by Gasteiger charge is 2.40. The molecule has 1 aromatic rings. The van der Waals surface area contributed by atoms with Crippen LogP contribution in [-0.2, 0) is 23.2 Å². The van der Waals surface area contributed by atoms with Gasteiger partial charge in [-0.3, -0.25) is 0 Å². The molecule has 3 nitrogen and oxygen atoms in total. The average Bonchev–Trinajstić information content (AvgIpc) is 2.50. The first-order valence-electron chi connectivity index (χ1n) is 8.34. The molecule has 0 amide bonds. The van der Waals surface area contributed by atoms with E-state index in [0.717, 1.165) is 43.1 Å². The Hall–Kier alpha value is -0.670. The first-order valence-corrected chi connectivity index (χ1v) is 8.72. The monoisotopic (exact) mass is 308 g/mol. The Bertz CT molecular complexity index is 510. The minimum absolute atomic E-state index is 0.308. The van der Waals surface area contributed by atoms with E-state index in [1.54, 1.807) is 0 Å². The zero-order valence-electron chi connectivity index (χ0n) is 13.1. The summed E-state index contributed by atoms with van der Waals surface area (Å²) in [6.07, 6.45) is 8.84. The van der Waals surface area contributed by atoms with Gasteiger partial charge in [-0.2, -0.15) is 0 Å². The molecule has 2 aliphatic carbocycles. The molecule has 0 aromatic carbocycles. The Labute approximate surface area is 132 Å². The number of nitrogens with zero attached hydrogens (tertiary/aromatic N) is 2. The molecule has 3 rings (SSSR count). The van der Waals surface area contributed by atoms with Crippen molar-refractivity contribution in [1.82, 2.24) is 9.97 Å². The number of aryl methyl sites for hydroxylation is 1. The molecule has 4 heteroatoms. The minimum atomic E-state index is -0.308. The van der Waals surface area contributed by atoms with Crippen molar-refractivity contribution in [3.8, 4) is 0 Å². The van der Waals surface area contributed by atoms with Crippen LogP contribution in [0.1, 0.15) is 69.5 Å². The fourth-order valence-electron chi connectivity index (χ4n) is 3.69. The molecule has 1 heterocycles. The van der Waals surface area contributed by atoms with Crippen molar-refractivity contribution >= 4 is 11.6 Å². The second-order valence-corrected chi connectivity index (χ2v) is 6.94. The summed E-state index contributed by atoms with van der Waals surface area (Å²) in [5.41, 5.74) is 2.02. The second-order valence-electron chi connectivity index (χ2n) is 6.58. The third-order valence-electron chi connectivity index (χ3n) is 5.04. The van der Waals surface area contributed by atoms with E-state index in [9.17, 15) is 0 Å². The number of hydrogen-bond donors (Lipinski definition) is 0. The van der Waals surface area contributed by atoms with Crippen molar-refractivity contribution in [3.05, 3.63) is 22.2 Å². The molecular weight excluding hydrogens is 284 g/mol. The number of halogens is 1. The van der Waals surface area contributed by atoms with E-state index in [2.05, 4.69) is 18.8 Å². The maximum Gasteiger partial charge on any atom is 0.162 e. The molecule has 0 N–H and O–H groups in total. The summed E-state index contributed by atoms with van der Waals surface area (Å²) < 4.78 is 6.17. The molecular formula is C17H25ClN2O. The van der Waals surface area contributed by atoms with Gasteiger partial charge in [0.2, 0.25) is 0 Å². The Morgan fingerprint density at radius 1 is 1.19 bits per heavy atom. The molecule has 0 spiro atoms. The fourth-order valence-corrected chi connectivity index (χ4v) is 3.97. The van der Waals surface area contributed by atoms with Gasteiger partial charge in [0.1, 0.15) is 10.8 Å².